The Bertz CT molecular complexity index is 517. The van der Waals surface area contributed by atoms with E-state index in [1.807, 2.05) is 0 Å². The maximum atomic E-state index is 13.3. The van der Waals surface area contributed by atoms with Crippen LogP contribution in [0.1, 0.15) is 5.56 Å². The van der Waals surface area contributed by atoms with Crippen molar-refractivity contribution in [1.82, 2.24) is 15.0 Å². The Morgan fingerprint density at radius 1 is 1.24 bits per heavy atom. The van der Waals surface area contributed by atoms with Crippen molar-refractivity contribution in [2.24, 2.45) is 0 Å². The molecule has 0 amide bonds. The minimum absolute atomic E-state index is 0.00748. The third-order valence-electron chi connectivity index (χ3n) is 1.92. The lowest BCUT2D eigenvalue weighted by molar-refractivity contribution is 0.275. The fourth-order valence-electron chi connectivity index (χ4n) is 1.17. The number of aromatic nitrogens is 3. The molecule has 1 aromatic heterocycles. The first-order chi connectivity index (χ1) is 8.15. The van der Waals surface area contributed by atoms with Gasteiger partial charge in [0, 0.05) is 5.56 Å². The summed E-state index contributed by atoms with van der Waals surface area (Å²) in [4.78, 5) is 11.0. The highest BCUT2D eigenvalue weighted by molar-refractivity contribution is 6.28. The summed E-state index contributed by atoms with van der Waals surface area (Å²) >= 11 is 5.57. The van der Waals surface area contributed by atoms with Gasteiger partial charge in [0.05, 0.1) is 0 Å². The van der Waals surface area contributed by atoms with Crippen molar-refractivity contribution in [3.05, 3.63) is 40.9 Å². The number of benzene rings is 1. The van der Waals surface area contributed by atoms with E-state index in [2.05, 4.69) is 15.0 Å². The Hall–Kier alpha value is -1.95. The fourth-order valence-corrected chi connectivity index (χ4v) is 1.33. The lowest BCUT2D eigenvalue weighted by Gasteiger charge is -2.05. The molecule has 0 spiro atoms. The van der Waals surface area contributed by atoms with Crippen LogP contribution >= 0.6 is 11.6 Å². The molecule has 0 aliphatic carbocycles. The summed E-state index contributed by atoms with van der Waals surface area (Å²) < 4.78 is 18.4. The molecule has 0 atom stereocenters. The van der Waals surface area contributed by atoms with Crippen molar-refractivity contribution in [2.45, 2.75) is 6.61 Å². The van der Waals surface area contributed by atoms with Crippen LogP contribution in [0.15, 0.2) is 24.3 Å². The van der Waals surface area contributed by atoms with Gasteiger partial charge in [0.1, 0.15) is 12.4 Å². The van der Waals surface area contributed by atoms with Gasteiger partial charge in [-0.15, -0.1) is 0 Å². The van der Waals surface area contributed by atoms with Crippen molar-refractivity contribution < 1.29 is 9.13 Å². The van der Waals surface area contributed by atoms with E-state index in [0.717, 1.165) is 0 Å². The Labute approximate surface area is 101 Å². The number of ether oxygens (including phenoxy) is 1. The number of halogens is 2. The monoisotopic (exact) mass is 254 g/mol. The van der Waals surface area contributed by atoms with Gasteiger partial charge < -0.3 is 10.5 Å². The largest absolute Gasteiger partial charge is 0.458 e. The molecule has 1 aromatic carbocycles. The van der Waals surface area contributed by atoms with E-state index in [0.29, 0.717) is 5.56 Å². The summed E-state index contributed by atoms with van der Waals surface area (Å²) in [5.74, 6) is -0.408. The molecule has 88 valence electrons. The molecule has 0 bridgehead atoms. The predicted octanol–water partition coefficient (Wildman–Crippen LogP) is 1.83. The SMILES string of the molecule is Nc1nc(Cl)nc(OCc2ccccc2F)n1. The highest BCUT2D eigenvalue weighted by Gasteiger charge is 2.06. The maximum absolute atomic E-state index is 13.3. The summed E-state index contributed by atoms with van der Waals surface area (Å²) in [5, 5.41) is -0.0685. The number of rotatable bonds is 3. The second-order valence-electron chi connectivity index (χ2n) is 3.13. The summed E-state index contributed by atoms with van der Waals surface area (Å²) in [6, 6.07) is 6.20. The number of anilines is 1. The highest BCUT2D eigenvalue weighted by Crippen LogP contribution is 2.12. The van der Waals surface area contributed by atoms with Gasteiger partial charge in [0.15, 0.2) is 0 Å². The first-order valence-corrected chi connectivity index (χ1v) is 5.06. The van der Waals surface area contributed by atoms with Gasteiger partial charge in [0.2, 0.25) is 11.2 Å². The van der Waals surface area contributed by atoms with Gasteiger partial charge in [-0.1, -0.05) is 18.2 Å². The standard InChI is InChI=1S/C10H8ClFN4O/c11-8-14-9(13)16-10(15-8)17-5-6-3-1-2-4-7(6)12/h1-4H,5H2,(H2,13,14,15,16). The number of nitrogen functional groups attached to an aromatic ring is 1. The highest BCUT2D eigenvalue weighted by atomic mass is 35.5. The van der Waals surface area contributed by atoms with Crippen molar-refractivity contribution in [1.29, 1.82) is 0 Å². The third kappa shape index (κ3) is 3.01. The predicted molar refractivity (Wildman–Crippen MR) is 60.0 cm³/mol. The minimum atomic E-state index is -0.361. The number of nitrogens with zero attached hydrogens (tertiary/aromatic N) is 3. The number of hydrogen-bond acceptors (Lipinski definition) is 5. The zero-order valence-corrected chi connectivity index (χ0v) is 9.36. The van der Waals surface area contributed by atoms with Crippen LogP contribution in [0.25, 0.3) is 0 Å². The fraction of sp³-hybridized carbons (Fsp3) is 0.100. The van der Waals surface area contributed by atoms with Gasteiger partial charge in [-0.2, -0.15) is 15.0 Å². The Balaban J connectivity index is 2.10. The smallest absolute Gasteiger partial charge is 0.322 e. The summed E-state index contributed by atoms with van der Waals surface area (Å²) in [6.07, 6.45) is 0. The third-order valence-corrected chi connectivity index (χ3v) is 2.09. The second-order valence-corrected chi connectivity index (χ2v) is 3.46. The topological polar surface area (TPSA) is 73.9 Å². The molecule has 17 heavy (non-hydrogen) atoms. The van der Waals surface area contributed by atoms with Crippen LogP contribution in [0.3, 0.4) is 0 Å². The first-order valence-electron chi connectivity index (χ1n) is 4.68. The normalized spacial score (nSPS) is 10.2. The van der Waals surface area contributed by atoms with E-state index in [9.17, 15) is 4.39 Å². The van der Waals surface area contributed by atoms with Crippen LogP contribution in [-0.4, -0.2) is 15.0 Å². The molecular weight excluding hydrogens is 247 g/mol. The van der Waals surface area contributed by atoms with E-state index in [1.54, 1.807) is 18.2 Å². The molecule has 0 aliphatic heterocycles. The van der Waals surface area contributed by atoms with E-state index in [-0.39, 0.29) is 29.7 Å². The Morgan fingerprint density at radius 3 is 2.71 bits per heavy atom. The van der Waals surface area contributed by atoms with E-state index in [4.69, 9.17) is 22.1 Å². The van der Waals surface area contributed by atoms with E-state index < -0.39 is 0 Å². The first kappa shape index (κ1) is 11.5. The average molecular weight is 255 g/mol. The van der Waals surface area contributed by atoms with Gasteiger partial charge in [-0.05, 0) is 17.7 Å². The van der Waals surface area contributed by atoms with Crippen molar-refractivity contribution in [3.8, 4) is 6.01 Å². The minimum Gasteiger partial charge on any atom is -0.458 e. The molecule has 7 heteroatoms. The van der Waals surface area contributed by atoms with Gasteiger partial charge >= 0.3 is 6.01 Å². The second kappa shape index (κ2) is 4.92. The maximum Gasteiger partial charge on any atom is 0.322 e. The van der Waals surface area contributed by atoms with Gasteiger partial charge in [-0.25, -0.2) is 4.39 Å². The van der Waals surface area contributed by atoms with Crippen LogP contribution in [0.2, 0.25) is 5.28 Å². The summed E-state index contributed by atoms with van der Waals surface area (Å²) in [5.41, 5.74) is 5.75. The van der Waals surface area contributed by atoms with Crippen LogP contribution in [0, 0.1) is 5.82 Å². The molecule has 0 saturated carbocycles. The molecule has 0 radical (unpaired) electrons. The molecular formula is C10H8ClFN4O. The molecule has 0 unspecified atom stereocenters. The van der Waals surface area contributed by atoms with Crippen LogP contribution in [-0.2, 0) is 6.61 Å². The molecule has 2 aromatic rings. The lowest BCUT2D eigenvalue weighted by atomic mass is 10.2. The molecule has 5 nitrogen and oxygen atoms in total. The van der Waals surface area contributed by atoms with Crippen LogP contribution in [0.5, 0.6) is 6.01 Å². The van der Waals surface area contributed by atoms with Crippen LogP contribution in [0.4, 0.5) is 10.3 Å². The van der Waals surface area contributed by atoms with Crippen molar-refractivity contribution in [2.75, 3.05) is 5.73 Å². The summed E-state index contributed by atoms with van der Waals surface area (Å²) in [6.45, 7) is -0.00748. The van der Waals surface area contributed by atoms with Crippen molar-refractivity contribution >= 4 is 17.5 Å². The average Bonchev–Trinajstić information content (AvgIpc) is 2.27. The van der Waals surface area contributed by atoms with Crippen LogP contribution < -0.4 is 10.5 Å². The quantitative estimate of drug-likeness (QED) is 0.904. The van der Waals surface area contributed by atoms with E-state index in [1.165, 1.54) is 6.07 Å². The summed E-state index contributed by atoms with van der Waals surface area (Å²) in [7, 11) is 0. The molecule has 1 heterocycles. The molecule has 2 N–H and O–H groups in total. The molecule has 0 fully saturated rings. The molecule has 2 rings (SSSR count). The lowest BCUT2D eigenvalue weighted by Crippen LogP contribution is -2.04. The Kier molecular flexibility index (Phi) is 3.34. The molecule has 0 saturated heterocycles. The van der Waals surface area contributed by atoms with Crippen molar-refractivity contribution in [3.63, 3.8) is 0 Å². The van der Waals surface area contributed by atoms with Gasteiger partial charge in [0.25, 0.3) is 0 Å². The zero-order chi connectivity index (χ0) is 12.3. The van der Waals surface area contributed by atoms with Gasteiger partial charge in [-0.3, -0.25) is 0 Å². The molecule has 0 aliphatic rings. The zero-order valence-electron chi connectivity index (χ0n) is 8.60. The number of nitrogens with two attached hydrogens (primary N) is 1. The Morgan fingerprint density at radius 2 is 2.00 bits per heavy atom. The van der Waals surface area contributed by atoms with E-state index >= 15 is 0 Å². The number of hydrogen-bond donors (Lipinski definition) is 1.